The van der Waals surface area contributed by atoms with Gasteiger partial charge >= 0.3 is 5.97 Å². The van der Waals surface area contributed by atoms with Crippen molar-refractivity contribution < 1.29 is 14.7 Å². The molecule has 2 aromatic heterocycles. The number of carboxylic acid groups (broad SMARTS) is 1. The van der Waals surface area contributed by atoms with Gasteiger partial charge in [-0.05, 0) is 61.4 Å². The zero-order chi connectivity index (χ0) is 24.1. The molecule has 0 unspecified atom stereocenters. The number of aryl methyl sites for hydroxylation is 3. The van der Waals surface area contributed by atoms with Crippen LogP contribution in [0.4, 0.5) is 5.82 Å². The minimum Gasteiger partial charge on any atom is -0.481 e. The van der Waals surface area contributed by atoms with Gasteiger partial charge in [-0.25, -0.2) is 9.97 Å². The maximum atomic E-state index is 12.4. The number of nitrogens with one attached hydrogen (secondary N) is 1. The molecule has 0 saturated carbocycles. The Labute approximate surface area is 203 Å². The number of thiazole rings is 1. The lowest BCUT2D eigenvalue weighted by Gasteiger charge is -2.17. The fourth-order valence-corrected chi connectivity index (χ4v) is 5.21. The summed E-state index contributed by atoms with van der Waals surface area (Å²) in [6, 6.07) is 11.5. The number of carbonyl (C=O) groups excluding carboxylic acids is 1. The number of carbonyl (C=O) groups is 2. The van der Waals surface area contributed by atoms with Gasteiger partial charge in [-0.15, -0.1) is 11.3 Å². The smallest absolute Gasteiger partial charge is 0.304 e. The fraction of sp³-hybridized carbons (Fsp3) is 0.385. The highest BCUT2D eigenvalue weighted by molar-refractivity contribution is 7.09. The molecule has 1 amide bonds. The SMILES string of the molecule is CN(C)C(=O)c1cccc([C@H](CC(=O)O)c2nc(CCCc3ccc4c(n3)NCCC4)cs2)c1. The summed E-state index contributed by atoms with van der Waals surface area (Å²) in [6.07, 6.45) is 4.76. The summed E-state index contributed by atoms with van der Waals surface area (Å²) in [5, 5.41) is 15.7. The largest absolute Gasteiger partial charge is 0.481 e. The summed E-state index contributed by atoms with van der Waals surface area (Å²) >= 11 is 1.48. The van der Waals surface area contributed by atoms with E-state index in [-0.39, 0.29) is 18.2 Å². The molecule has 1 aliphatic heterocycles. The number of anilines is 1. The van der Waals surface area contributed by atoms with E-state index in [0.717, 1.165) is 66.4 Å². The first-order valence-electron chi connectivity index (χ1n) is 11.6. The van der Waals surface area contributed by atoms with Gasteiger partial charge in [-0.1, -0.05) is 18.2 Å². The highest BCUT2D eigenvalue weighted by Crippen LogP contribution is 2.31. The molecule has 1 aromatic carbocycles. The van der Waals surface area contributed by atoms with Crippen LogP contribution in [0.1, 0.15) is 63.1 Å². The Kier molecular flexibility index (Phi) is 7.57. The number of amides is 1. The third-order valence-corrected chi connectivity index (χ3v) is 7.01. The van der Waals surface area contributed by atoms with Crippen LogP contribution in [-0.2, 0) is 24.1 Å². The van der Waals surface area contributed by atoms with Gasteiger partial charge in [0.2, 0.25) is 0 Å². The number of rotatable bonds is 9. The van der Waals surface area contributed by atoms with E-state index in [2.05, 4.69) is 17.4 Å². The minimum atomic E-state index is -0.891. The summed E-state index contributed by atoms with van der Waals surface area (Å²) in [4.78, 5) is 35.0. The van der Waals surface area contributed by atoms with Gasteiger partial charge in [-0.3, -0.25) is 9.59 Å². The van der Waals surface area contributed by atoms with E-state index in [1.165, 1.54) is 21.8 Å². The van der Waals surface area contributed by atoms with Gasteiger partial charge in [0.05, 0.1) is 12.1 Å². The van der Waals surface area contributed by atoms with Crippen molar-refractivity contribution in [1.82, 2.24) is 14.9 Å². The third-order valence-electron chi connectivity index (χ3n) is 6.01. The predicted molar refractivity (Wildman–Crippen MR) is 134 cm³/mol. The molecular formula is C26H30N4O3S. The fourth-order valence-electron chi connectivity index (χ4n) is 4.23. The van der Waals surface area contributed by atoms with Crippen LogP contribution in [-0.4, -0.2) is 52.5 Å². The molecule has 3 heterocycles. The molecule has 1 atom stereocenters. The number of pyridine rings is 1. The van der Waals surface area contributed by atoms with Crippen molar-refractivity contribution in [3.05, 3.63) is 74.9 Å². The number of hydrogen-bond acceptors (Lipinski definition) is 6. The number of nitrogens with zero attached hydrogens (tertiary/aromatic N) is 3. The average molecular weight is 479 g/mol. The first kappa shape index (κ1) is 23.9. The van der Waals surface area contributed by atoms with E-state index < -0.39 is 5.97 Å². The first-order valence-corrected chi connectivity index (χ1v) is 12.5. The van der Waals surface area contributed by atoms with Crippen LogP contribution in [0.25, 0.3) is 0 Å². The second-order valence-electron chi connectivity index (χ2n) is 8.85. The summed E-state index contributed by atoms with van der Waals surface area (Å²) in [5.41, 5.74) is 4.67. The Morgan fingerprint density at radius 3 is 2.76 bits per heavy atom. The predicted octanol–water partition coefficient (Wildman–Crippen LogP) is 4.38. The Bertz CT molecular complexity index is 1170. The molecule has 0 bridgehead atoms. The maximum Gasteiger partial charge on any atom is 0.304 e. The highest BCUT2D eigenvalue weighted by Gasteiger charge is 2.23. The van der Waals surface area contributed by atoms with Gasteiger partial charge in [0, 0.05) is 43.2 Å². The third kappa shape index (κ3) is 5.80. The number of hydrogen-bond donors (Lipinski definition) is 2. The molecule has 8 heteroatoms. The molecule has 0 aliphatic carbocycles. The molecule has 2 N–H and O–H groups in total. The number of aliphatic carboxylic acids is 1. The number of aromatic nitrogens is 2. The Balaban J connectivity index is 1.44. The zero-order valence-electron chi connectivity index (χ0n) is 19.6. The minimum absolute atomic E-state index is 0.0708. The first-order chi connectivity index (χ1) is 16.4. The van der Waals surface area contributed by atoms with Crippen molar-refractivity contribution in [3.8, 4) is 0 Å². The van der Waals surface area contributed by atoms with Crippen LogP contribution in [0.2, 0.25) is 0 Å². The Morgan fingerprint density at radius 2 is 1.97 bits per heavy atom. The van der Waals surface area contributed by atoms with Crippen LogP contribution in [0.3, 0.4) is 0 Å². The topological polar surface area (TPSA) is 95.4 Å². The summed E-state index contributed by atoms with van der Waals surface area (Å²) in [7, 11) is 3.40. The standard InChI is InChI=1S/C26H30N4O3S/c1-30(2)26(33)19-7-3-6-18(14-19)22(15-23(31)32)25-29-21(16-34-25)10-4-9-20-12-11-17-8-5-13-27-24(17)28-20/h3,6-7,11-12,14,16,22H,4-5,8-10,13,15H2,1-2H3,(H,27,28)(H,31,32)/t22-/m0/s1. The lowest BCUT2D eigenvalue weighted by Crippen LogP contribution is -2.22. The van der Waals surface area contributed by atoms with Crippen LogP contribution in [0, 0.1) is 0 Å². The number of benzene rings is 1. The lowest BCUT2D eigenvalue weighted by molar-refractivity contribution is -0.137. The molecular weight excluding hydrogens is 448 g/mol. The molecule has 0 fully saturated rings. The van der Waals surface area contributed by atoms with Crippen molar-refractivity contribution in [2.75, 3.05) is 26.0 Å². The van der Waals surface area contributed by atoms with Crippen LogP contribution >= 0.6 is 11.3 Å². The average Bonchev–Trinajstić information content (AvgIpc) is 3.30. The van der Waals surface area contributed by atoms with E-state index in [1.54, 1.807) is 32.3 Å². The second kappa shape index (κ2) is 10.8. The van der Waals surface area contributed by atoms with Crippen LogP contribution < -0.4 is 5.32 Å². The summed E-state index contributed by atoms with van der Waals surface area (Å²) in [5.74, 6) is -0.370. The van der Waals surface area contributed by atoms with E-state index in [4.69, 9.17) is 9.97 Å². The maximum absolute atomic E-state index is 12.4. The van der Waals surface area contributed by atoms with Gasteiger partial charge in [0.15, 0.2) is 0 Å². The second-order valence-corrected chi connectivity index (χ2v) is 9.74. The van der Waals surface area contributed by atoms with E-state index in [9.17, 15) is 14.7 Å². The van der Waals surface area contributed by atoms with Crippen molar-refractivity contribution in [2.45, 2.75) is 44.4 Å². The number of fused-ring (bicyclic) bond motifs is 1. The van der Waals surface area contributed by atoms with Gasteiger partial charge in [0.25, 0.3) is 5.91 Å². The number of carboxylic acids is 1. The summed E-state index contributed by atoms with van der Waals surface area (Å²) in [6.45, 7) is 0.981. The highest BCUT2D eigenvalue weighted by atomic mass is 32.1. The van der Waals surface area contributed by atoms with Crippen molar-refractivity contribution >= 4 is 29.0 Å². The van der Waals surface area contributed by atoms with Gasteiger partial charge in [-0.2, -0.15) is 0 Å². The Morgan fingerprint density at radius 1 is 1.15 bits per heavy atom. The summed E-state index contributed by atoms with van der Waals surface area (Å²) < 4.78 is 0. The molecule has 0 radical (unpaired) electrons. The molecule has 3 aromatic rings. The normalized spacial score (nSPS) is 13.6. The van der Waals surface area contributed by atoms with Crippen molar-refractivity contribution in [2.24, 2.45) is 0 Å². The van der Waals surface area contributed by atoms with Crippen LogP contribution in [0.15, 0.2) is 41.8 Å². The van der Waals surface area contributed by atoms with Gasteiger partial charge in [0.1, 0.15) is 10.8 Å². The molecule has 1 aliphatic rings. The monoisotopic (exact) mass is 478 g/mol. The zero-order valence-corrected chi connectivity index (χ0v) is 20.4. The van der Waals surface area contributed by atoms with E-state index >= 15 is 0 Å². The quantitative estimate of drug-likeness (QED) is 0.474. The van der Waals surface area contributed by atoms with E-state index in [1.807, 2.05) is 11.4 Å². The molecule has 4 rings (SSSR count). The molecule has 178 valence electrons. The lowest BCUT2D eigenvalue weighted by atomic mass is 9.94. The van der Waals surface area contributed by atoms with Gasteiger partial charge < -0.3 is 15.3 Å². The van der Waals surface area contributed by atoms with Crippen molar-refractivity contribution in [3.63, 3.8) is 0 Å². The molecule has 0 spiro atoms. The van der Waals surface area contributed by atoms with E-state index in [0.29, 0.717) is 5.56 Å². The molecule has 0 saturated heterocycles. The molecule has 34 heavy (non-hydrogen) atoms. The van der Waals surface area contributed by atoms with Crippen LogP contribution in [0.5, 0.6) is 0 Å². The molecule has 7 nitrogen and oxygen atoms in total. The van der Waals surface area contributed by atoms with Crippen molar-refractivity contribution in [1.29, 1.82) is 0 Å². The Hall–Kier alpha value is -3.26.